The maximum atomic E-state index is 12.9. The normalized spacial score (nSPS) is 17.2. The number of benzene rings is 2. The van der Waals surface area contributed by atoms with Crippen LogP contribution in [0.15, 0.2) is 72.1 Å². The molecular formula is C20H17NOS2. The van der Waals surface area contributed by atoms with Crippen LogP contribution in [0.4, 0.5) is 0 Å². The molecule has 1 aliphatic rings. The van der Waals surface area contributed by atoms with Gasteiger partial charge in [-0.1, -0.05) is 48.5 Å². The van der Waals surface area contributed by atoms with Crippen LogP contribution in [0.3, 0.4) is 0 Å². The average Bonchev–Trinajstić information content (AvgIpc) is 3.34. The SMILES string of the molecule is O=C(c1ccc(-c2cccs2)cc1)N1CCSC1c1ccccc1. The Morgan fingerprint density at radius 2 is 1.75 bits per heavy atom. The Balaban J connectivity index is 1.56. The van der Waals surface area contributed by atoms with Crippen LogP contribution in [0, 0.1) is 0 Å². The van der Waals surface area contributed by atoms with E-state index in [2.05, 4.69) is 23.6 Å². The van der Waals surface area contributed by atoms with Gasteiger partial charge >= 0.3 is 0 Å². The molecule has 0 N–H and O–H groups in total. The van der Waals surface area contributed by atoms with Gasteiger partial charge < -0.3 is 4.90 Å². The van der Waals surface area contributed by atoms with Crippen molar-refractivity contribution in [2.75, 3.05) is 12.3 Å². The van der Waals surface area contributed by atoms with E-state index < -0.39 is 0 Å². The van der Waals surface area contributed by atoms with Gasteiger partial charge in [-0.3, -0.25) is 4.79 Å². The highest BCUT2D eigenvalue weighted by molar-refractivity contribution is 7.99. The van der Waals surface area contributed by atoms with Crippen molar-refractivity contribution in [3.05, 3.63) is 83.2 Å². The fraction of sp³-hybridized carbons (Fsp3) is 0.150. The first-order valence-electron chi connectivity index (χ1n) is 7.94. The lowest BCUT2D eigenvalue weighted by atomic mass is 10.1. The third kappa shape index (κ3) is 2.99. The summed E-state index contributed by atoms with van der Waals surface area (Å²) in [6.45, 7) is 0.801. The van der Waals surface area contributed by atoms with Crippen molar-refractivity contribution in [2.45, 2.75) is 5.37 Å². The minimum Gasteiger partial charge on any atom is -0.322 e. The molecule has 0 radical (unpaired) electrons. The molecule has 1 saturated heterocycles. The number of thiophene rings is 1. The van der Waals surface area contributed by atoms with Gasteiger partial charge in [-0.15, -0.1) is 23.1 Å². The Kier molecular flexibility index (Phi) is 4.41. The molecule has 1 unspecified atom stereocenters. The van der Waals surface area contributed by atoms with Gasteiger partial charge in [0.05, 0.1) is 0 Å². The Morgan fingerprint density at radius 1 is 0.958 bits per heavy atom. The zero-order valence-electron chi connectivity index (χ0n) is 13.1. The minimum absolute atomic E-state index is 0.117. The van der Waals surface area contributed by atoms with E-state index >= 15 is 0 Å². The van der Waals surface area contributed by atoms with Crippen LogP contribution >= 0.6 is 23.1 Å². The smallest absolute Gasteiger partial charge is 0.255 e. The molecule has 1 aromatic heterocycles. The molecule has 1 atom stereocenters. The molecular weight excluding hydrogens is 334 g/mol. The average molecular weight is 351 g/mol. The number of amides is 1. The van der Waals surface area contributed by atoms with Gasteiger partial charge in [0.1, 0.15) is 5.37 Å². The summed E-state index contributed by atoms with van der Waals surface area (Å²) < 4.78 is 0. The predicted octanol–water partition coefficient (Wildman–Crippen LogP) is 5.30. The number of thioether (sulfide) groups is 1. The topological polar surface area (TPSA) is 20.3 Å². The van der Waals surface area contributed by atoms with E-state index in [1.165, 1.54) is 10.4 Å². The van der Waals surface area contributed by atoms with Crippen molar-refractivity contribution in [2.24, 2.45) is 0 Å². The second kappa shape index (κ2) is 6.83. The summed E-state index contributed by atoms with van der Waals surface area (Å²) in [4.78, 5) is 16.2. The van der Waals surface area contributed by atoms with Crippen molar-refractivity contribution in [1.29, 1.82) is 0 Å². The van der Waals surface area contributed by atoms with Gasteiger partial charge in [0, 0.05) is 22.7 Å². The van der Waals surface area contributed by atoms with E-state index in [9.17, 15) is 4.79 Å². The van der Waals surface area contributed by atoms with Gasteiger partial charge in [0.25, 0.3) is 5.91 Å². The van der Waals surface area contributed by atoms with E-state index in [-0.39, 0.29) is 11.3 Å². The second-order valence-corrected chi connectivity index (χ2v) is 7.82. The predicted molar refractivity (Wildman–Crippen MR) is 102 cm³/mol. The zero-order chi connectivity index (χ0) is 16.4. The van der Waals surface area contributed by atoms with Gasteiger partial charge in [0.2, 0.25) is 0 Å². The third-order valence-electron chi connectivity index (χ3n) is 4.17. The fourth-order valence-corrected chi connectivity index (χ4v) is 4.95. The number of nitrogens with zero attached hydrogens (tertiary/aromatic N) is 1. The monoisotopic (exact) mass is 351 g/mol. The molecule has 0 bridgehead atoms. The van der Waals surface area contributed by atoms with Gasteiger partial charge in [-0.2, -0.15) is 0 Å². The van der Waals surface area contributed by atoms with Gasteiger partial charge in [-0.25, -0.2) is 0 Å². The highest BCUT2D eigenvalue weighted by atomic mass is 32.2. The maximum absolute atomic E-state index is 12.9. The van der Waals surface area contributed by atoms with Crippen molar-refractivity contribution in [1.82, 2.24) is 4.90 Å². The van der Waals surface area contributed by atoms with Crippen LogP contribution in [0.2, 0.25) is 0 Å². The molecule has 4 heteroatoms. The summed E-state index contributed by atoms with van der Waals surface area (Å²) >= 11 is 3.55. The molecule has 120 valence electrons. The summed E-state index contributed by atoms with van der Waals surface area (Å²) in [5.74, 6) is 1.10. The van der Waals surface area contributed by atoms with E-state index in [1.807, 2.05) is 65.2 Å². The lowest BCUT2D eigenvalue weighted by Gasteiger charge is -2.24. The van der Waals surface area contributed by atoms with Crippen LogP contribution in [-0.2, 0) is 0 Å². The van der Waals surface area contributed by atoms with Crippen LogP contribution in [-0.4, -0.2) is 23.1 Å². The molecule has 0 saturated carbocycles. The molecule has 24 heavy (non-hydrogen) atoms. The molecule has 0 spiro atoms. The first-order valence-corrected chi connectivity index (χ1v) is 9.87. The van der Waals surface area contributed by atoms with Crippen LogP contribution in [0.1, 0.15) is 21.3 Å². The Labute approximate surface area is 150 Å². The molecule has 1 amide bonds. The summed E-state index contributed by atoms with van der Waals surface area (Å²) in [5.41, 5.74) is 3.12. The highest BCUT2D eigenvalue weighted by Gasteiger charge is 2.31. The van der Waals surface area contributed by atoms with Crippen LogP contribution in [0.25, 0.3) is 10.4 Å². The lowest BCUT2D eigenvalue weighted by Crippen LogP contribution is -2.30. The van der Waals surface area contributed by atoms with Crippen molar-refractivity contribution in [3.8, 4) is 10.4 Å². The fourth-order valence-electron chi connectivity index (χ4n) is 2.96. The molecule has 3 aromatic rings. The standard InChI is InChI=1S/C20H17NOS2/c22-19(16-10-8-15(9-11-16)18-7-4-13-23-18)21-12-14-24-20(21)17-5-2-1-3-6-17/h1-11,13,20H,12,14H2. The minimum atomic E-state index is 0.117. The van der Waals surface area contributed by atoms with Crippen molar-refractivity contribution >= 4 is 29.0 Å². The Morgan fingerprint density at radius 3 is 2.46 bits per heavy atom. The number of carbonyl (C=O) groups excluding carboxylic acids is 1. The first-order chi connectivity index (χ1) is 11.8. The van der Waals surface area contributed by atoms with E-state index in [0.717, 1.165) is 23.4 Å². The first kappa shape index (κ1) is 15.5. The summed E-state index contributed by atoms with van der Waals surface area (Å²) in [5, 5.41) is 2.19. The molecule has 2 heterocycles. The van der Waals surface area contributed by atoms with Crippen LogP contribution in [0.5, 0.6) is 0 Å². The lowest BCUT2D eigenvalue weighted by molar-refractivity contribution is 0.0760. The number of hydrogen-bond acceptors (Lipinski definition) is 3. The number of carbonyl (C=O) groups is 1. The summed E-state index contributed by atoms with van der Waals surface area (Å²) in [7, 11) is 0. The molecule has 1 fully saturated rings. The van der Waals surface area contributed by atoms with Crippen molar-refractivity contribution in [3.63, 3.8) is 0 Å². The highest BCUT2D eigenvalue weighted by Crippen LogP contribution is 2.38. The van der Waals surface area contributed by atoms with Gasteiger partial charge in [-0.05, 0) is 34.7 Å². The second-order valence-electron chi connectivity index (χ2n) is 5.69. The molecule has 0 aliphatic carbocycles. The maximum Gasteiger partial charge on any atom is 0.255 e. The number of rotatable bonds is 3. The summed E-state index contributed by atoms with van der Waals surface area (Å²) in [6, 6.07) is 22.4. The number of hydrogen-bond donors (Lipinski definition) is 0. The molecule has 2 nitrogen and oxygen atoms in total. The largest absolute Gasteiger partial charge is 0.322 e. The van der Waals surface area contributed by atoms with E-state index in [4.69, 9.17) is 0 Å². The Hall–Kier alpha value is -2.04. The molecule has 2 aromatic carbocycles. The summed E-state index contributed by atoms with van der Waals surface area (Å²) in [6.07, 6.45) is 0. The molecule has 4 rings (SSSR count). The van der Waals surface area contributed by atoms with Crippen molar-refractivity contribution < 1.29 is 4.79 Å². The van der Waals surface area contributed by atoms with E-state index in [1.54, 1.807) is 11.3 Å². The third-order valence-corrected chi connectivity index (χ3v) is 6.35. The van der Waals surface area contributed by atoms with Gasteiger partial charge in [0.15, 0.2) is 0 Å². The molecule has 1 aliphatic heterocycles. The zero-order valence-corrected chi connectivity index (χ0v) is 14.7. The quantitative estimate of drug-likeness (QED) is 0.638. The van der Waals surface area contributed by atoms with E-state index in [0.29, 0.717) is 0 Å². The van der Waals surface area contributed by atoms with Crippen LogP contribution < -0.4 is 0 Å². The Bertz CT molecular complexity index is 813.